The summed E-state index contributed by atoms with van der Waals surface area (Å²) in [6.45, 7) is 8.93. The van der Waals surface area contributed by atoms with E-state index in [0.29, 0.717) is 57.4 Å². The minimum Gasteiger partial charge on any atom is -0.504 e. The van der Waals surface area contributed by atoms with Gasteiger partial charge >= 0.3 is 11.8 Å². The molecule has 0 unspecified atom stereocenters. The van der Waals surface area contributed by atoms with Crippen molar-refractivity contribution >= 4 is 34.4 Å². The Morgan fingerprint density at radius 3 is 2.36 bits per heavy atom. The molecular formula is C27H38N4O8. The molecular weight excluding hydrogens is 508 g/mol. The number of carbonyl (C=O) groups excluding carboxylic acids is 3. The highest BCUT2D eigenvalue weighted by molar-refractivity contribution is 6.02. The maximum Gasteiger partial charge on any atom is 0.407 e. The number of hydrogen-bond donors (Lipinski definition) is 3. The van der Waals surface area contributed by atoms with Crippen LogP contribution in [0.4, 0.5) is 10.5 Å². The van der Waals surface area contributed by atoms with Crippen LogP contribution < -0.4 is 5.32 Å². The van der Waals surface area contributed by atoms with Gasteiger partial charge in [0.25, 0.3) is 5.91 Å². The molecule has 2 aromatic carbocycles. The lowest BCUT2D eigenvalue weighted by atomic mass is 10.0. The van der Waals surface area contributed by atoms with Gasteiger partial charge in [-0.15, -0.1) is 0 Å². The molecule has 0 saturated carbocycles. The number of unbranched alkanes of at least 4 members (excludes halogenated alkanes) is 1. The molecule has 0 radical (unpaired) electrons. The lowest BCUT2D eigenvalue weighted by Gasteiger charge is -2.22. The van der Waals surface area contributed by atoms with Crippen molar-refractivity contribution < 1.29 is 34.3 Å². The van der Waals surface area contributed by atoms with Crippen LogP contribution in [-0.2, 0) is 9.53 Å². The van der Waals surface area contributed by atoms with Crippen molar-refractivity contribution in [2.24, 2.45) is 0 Å². The summed E-state index contributed by atoms with van der Waals surface area (Å²) >= 11 is 0. The first-order chi connectivity index (χ1) is 18.2. The predicted octanol–water partition coefficient (Wildman–Crippen LogP) is 4.16. The van der Waals surface area contributed by atoms with Gasteiger partial charge < -0.3 is 30.1 Å². The van der Waals surface area contributed by atoms with Crippen molar-refractivity contribution in [3.8, 4) is 11.5 Å². The Bertz CT molecular complexity index is 1210. The van der Waals surface area contributed by atoms with Gasteiger partial charge in [0, 0.05) is 45.2 Å². The number of nitro benzene ring substituents is 1. The first kappa shape index (κ1) is 31.1. The Kier molecular flexibility index (Phi) is 10.9. The van der Waals surface area contributed by atoms with Crippen LogP contribution in [0.5, 0.6) is 11.5 Å². The minimum absolute atomic E-state index is 0.0380. The monoisotopic (exact) mass is 546 g/mol. The Labute approximate surface area is 227 Å². The van der Waals surface area contributed by atoms with Crippen LogP contribution in [0.2, 0.25) is 0 Å². The first-order valence-electron chi connectivity index (χ1n) is 12.9. The molecule has 0 saturated heterocycles. The van der Waals surface area contributed by atoms with Gasteiger partial charge in [0.2, 0.25) is 11.7 Å². The van der Waals surface area contributed by atoms with E-state index < -0.39 is 33.8 Å². The first-order valence-corrected chi connectivity index (χ1v) is 12.9. The Balaban J connectivity index is 1.84. The van der Waals surface area contributed by atoms with E-state index in [0.717, 1.165) is 0 Å². The summed E-state index contributed by atoms with van der Waals surface area (Å²) < 4.78 is 5.16. The third-order valence-electron chi connectivity index (χ3n) is 6.00. The summed E-state index contributed by atoms with van der Waals surface area (Å²) in [6.07, 6.45) is 1.61. The number of nitrogens with one attached hydrogen (secondary N) is 1. The Morgan fingerprint density at radius 1 is 1.08 bits per heavy atom. The summed E-state index contributed by atoms with van der Waals surface area (Å²) in [5, 5.41) is 34.1. The van der Waals surface area contributed by atoms with Gasteiger partial charge in [-0.2, -0.15) is 0 Å². The molecule has 12 nitrogen and oxygen atoms in total. The van der Waals surface area contributed by atoms with Crippen LogP contribution in [0.1, 0.15) is 63.7 Å². The standard InChI is InChI=1S/C27H38N4O8/c1-6-30(15-8-7-14-29(5)22(33)10-9-13-28-26(36)39-27(2,3)4)25(35)18-11-12-20-19(16-18)17-21(32)24(34)23(20)31(37)38/h11-12,16-17,32,34H,6-10,13-15H2,1-5H3,(H,28,36). The smallest absolute Gasteiger partial charge is 0.407 e. The lowest BCUT2D eigenvalue weighted by molar-refractivity contribution is -0.384. The molecule has 39 heavy (non-hydrogen) atoms. The van der Waals surface area contributed by atoms with E-state index in [1.165, 1.54) is 24.3 Å². The van der Waals surface area contributed by atoms with Crippen molar-refractivity contribution in [1.29, 1.82) is 0 Å². The average Bonchev–Trinajstić information content (AvgIpc) is 2.85. The highest BCUT2D eigenvalue weighted by atomic mass is 16.6. The SMILES string of the molecule is CCN(CCCCN(C)C(=O)CCCNC(=O)OC(C)(C)C)C(=O)c1ccc2c([N+](=O)[O-])c(O)c(O)cc2c1. The number of nitrogens with zero attached hydrogens (tertiary/aromatic N) is 3. The summed E-state index contributed by atoms with van der Waals surface area (Å²) in [6, 6.07) is 5.49. The number of rotatable bonds is 12. The second-order valence-corrected chi connectivity index (χ2v) is 10.2. The minimum atomic E-state index is -0.817. The quantitative estimate of drug-likeness (QED) is 0.155. The molecule has 2 rings (SSSR count). The van der Waals surface area contributed by atoms with Crippen LogP contribution in [0.25, 0.3) is 10.8 Å². The fourth-order valence-corrected chi connectivity index (χ4v) is 3.98. The number of phenols is 2. The highest BCUT2D eigenvalue weighted by Gasteiger charge is 2.24. The molecule has 2 aromatic rings. The Hall–Kier alpha value is -4.09. The van der Waals surface area contributed by atoms with Crippen LogP contribution in [0.15, 0.2) is 24.3 Å². The number of nitro groups is 1. The number of phenolic OH excluding ortho intramolecular Hbond substituents is 2. The number of amides is 3. The highest BCUT2D eigenvalue weighted by Crippen LogP contribution is 2.41. The zero-order valence-electron chi connectivity index (χ0n) is 23.2. The third kappa shape index (κ3) is 9.01. The van der Waals surface area contributed by atoms with Gasteiger partial charge in [-0.3, -0.25) is 19.7 Å². The van der Waals surface area contributed by atoms with Crippen LogP contribution in [-0.4, -0.2) is 81.7 Å². The van der Waals surface area contributed by atoms with Gasteiger partial charge in [-0.1, -0.05) is 0 Å². The molecule has 3 N–H and O–H groups in total. The molecule has 0 spiro atoms. The normalized spacial score (nSPS) is 11.2. The number of hydrogen-bond acceptors (Lipinski definition) is 8. The topological polar surface area (TPSA) is 163 Å². The number of alkyl carbamates (subject to hydrolysis) is 1. The van der Waals surface area contributed by atoms with E-state index in [4.69, 9.17) is 4.74 Å². The Morgan fingerprint density at radius 2 is 1.74 bits per heavy atom. The van der Waals surface area contributed by atoms with E-state index in [1.54, 1.807) is 37.6 Å². The number of carbonyl (C=O) groups is 3. The maximum atomic E-state index is 13.1. The average molecular weight is 547 g/mol. The summed E-state index contributed by atoms with van der Waals surface area (Å²) in [4.78, 5) is 50.9. The second kappa shape index (κ2) is 13.6. The number of benzene rings is 2. The fraction of sp³-hybridized carbons (Fsp3) is 0.519. The van der Waals surface area contributed by atoms with Crippen molar-refractivity contribution in [2.75, 3.05) is 33.2 Å². The lowest BCUT2D eigenvalue weighted by Crippen LogP contribution is -2.34. The number of aromatic hydroxyl groups is 2. The van der Waals surface area contributed by atoms with Crippen molar-refractivity contribution in [2.45, 2.75) is 59.0 Å². The van der Waals surface area contributed by atoms with E-state index >= 15 is 0 Å². The van der Waals surface area contributed by atoms with Gasteiger partial charge in [0.15, 0.2) is 5.75 Å². The molecule has 12 heteroatoms. The number of fused-ring (bicyclic) bond motifs is 1. The molecule has 3 amide bonds. The largest absolute Gasteiger partial charge is 0.504 e. The van der Waals surface area contributed by atoms with Crippen molar-refractivity contribution in [3.63, 3.8) is 0 Å². The molecule has 0 aliphatic heterocycles. The zero-order valence-corrected chi connectivity index (χ0v) is 23.2. The van der Waals surface area contributed by atoms with Crippen LogP contribution in [0, 0.1) is 10.1 Å². The van der Waals surface area contributed by atoms with Crippen molar-refractivity contribution in [1.82, 2.24) is 15.1 Å². The van der Waals surface area contributed by atoms with Crippen molar-refractivity contribution in [3.05, 3.63) is 39.9 Å². The van der Waals surface area contributed by atoms with E-state index in [1.807, 2.05) is 6.92 Å². The molecule has 0 heterocycles. The van der Waals surface area contributed by atoms with E-state index in [9.17, 15) is 34.7 Å². The van der Waals surface area contributed by atoms with Gasteiger partial charge in [-0.05, 0) is 76.6 Å². The maximum absolute atomic E-state index is 13.1. The van der Waals surface area contributed by atoms with E-state index in [-0.39, 0.29) is 22.6 Å². The molecule has 214 valence electrons. The molecule has 0 aliphatic carbocycles. The van der Waals surface area contributed by atoms with Crippen LogP contribution >= 0.6 is 0 Å². The third-order valence-corrected chi connectivity index (χ3v) is 6.00. The summed E-state index contributed by atoms with van der Waals surface area (Å²) in [5.41, 5.74) is -0.892. The van der Waals surface area contributed by atoms with Gasteiger partial charge in [-0.25, -0.2) is 4.79 Å². The molecule has 0 aromatic heterocycles. The molecule has 0 aliphatic rings. The van der Waals surface area contributed by atoms with Gasteiger partial charge in [0.1, 0.15) is 5.60 Å². The number of ether oxygens (including phenoxy) is 1. The van der Waals surface area contributed by atoms with Gasteiger partial charge in [0.05, 0.1) is 10.3 Å². The summed E-state index contributed by atoms with van der Waals surface area (Å²) in [5.74, 6) is -1.76. The molecule has 0 bridgehead atoms. The summed E-state index contributed by atoms with van der Waals surface area (Å²) in [7, 11) is 1.72. The predicted molar refractivity (Wildman–Crippen MR) is 146 cm³/mol. The zero-order chi connectivity index (χ0) is 29.3. The molecule has 0 atom stereocenters. The van der Waals surface area contributed by atoms with E-state index in [2.05, 4.69) is 5.32 Å². The fourth-order valence-electron chi connectivity index (χ4n) is 3.98. The molecule has 0 fully saturated rings. The second-order valence-electron chi connectivity index (χ2n) is 10.2. The van der Waals surface area contributed by atoms with Crippen LogP contribution in [0.3, 0.4) is 0 Å².